The van der Waals surface area contributed by atoms with Crippen molar-refractivity contribution >= 4 is 23.3 Å². The van der Waals surface area contributed by atoms with E-state index in [0.29, 0.717) is 23.6 Å². The molecule has 0 radical (unpaired) electrons. The van der Waals surface area contributed by atoms with E-state index in [1.165, 1.54) is 16.8 Å². The number of halogens is 1. The number of carbonyl (C=O) groups excluding carboxylic acids is 2. The molecule has 2 aliphatic rings. The van der Waals surface area contributed by atoms with Gasteiger partial charge in [-0.25, -0.2) is 9.07 Å². The molecular weight excluding hydrogens is 383 g/mol. The number of carbonyl (C=O) groups is 2. The third-order valence-electron chi connectivity index (χ3n) is 5.97. The summed E-state index contributed by atoms with van der Waals surface area (Å²) in [4.78, 5) is 28.4. The highest BCUT2D eigenvalue weighted by Crippen LogP contribution is 2.52. The van der Waals surface area contributed by atoms with Gasteiger partial charge in [0.1, 0.15) is 17.1 Å². The Morgan fingerprint density at radius 2 is 1.97 bits per heavy atom. The molecule has 6 nitrogen and oxygen atoms in total. The molecule has 30 heavy (non-hydrogen) atoms. The summed E-state index contributed by atoms with van der Waals surface area (Å²) in [6, 6.07) is 13.6. The minimum atomic E-state index is -1.12. The maximum absolute atomic E-state index is 13.8. The van der Waals surface area contributed by atoms with Crippen molar-refractivity contribution in [2.45, 2.75) is 31.6 Å². The molecule has 0 fully saturated rings. The van der Waals surface area contributed by atoms with E-state index in [1.807, 2.05) is 24.3 Å². The van der Waals surface area contributed by atoms with Gasteiger partial charge in [0.15, 0.2) is 0 Å². The molecule has 0 aliphatic carbocycles. The molecule has 1 N–H and O–H groups in total. The van der Waals surface area contributed by atoms with Crippen molar-refractivity contribution in [2.24, 2.45) is 0 Å². The van der Waals surface area contributed by atoms with Gasteiger partial charge in [-0.1, -0.05) is 37.6 Å². The number of nitrogens with one attached hydrogen (secondary N) is 1. The first-order chi connectivity index (χ1) is 14.6. The number of rotatable bonds is 4. The van der Waals surface area contributed by atoms with Gasteiger partial charge in [-0.05, 0) is 36.2 Å². The highest BCUT2D eigenvalue weighted by atomic mass is 19.1. The molecule has 5 rings (SSSR count). The second-order valence-electron chi connectivity index (χ2n) is 7.76. The van der Waals surface area contributed by atoms with Crippen molar-refractivity contribution in [1.82, 2.24) is 9.78 Å². The molecule has 0 unspecified atom stereocenters. The Labute approximate surface area is 173 Å². The Kier molecular flexibility index (Phi) is 4.20. The summed E-state index contributed by atoms with van der Waals surface area (Å²) in [5.41, 5.74) is 1.67. The van der Waals surface area contributed by atoms with Crippen LogP contribution >= 0.6 is 0 Å². The molecule has 0 saturated heterocycles. The predicted octanol–water partition coefficient (Wildman–Crippen LogP) is 3.79. The van der Waals surface area contributed by atoms with E-state index < -0.39 is 11.2 Å². The minimum Gasteiger partial charge on any atom is -0.311 e. The average Bonchev–Trinajstić information content (AvgIpc) is 3.26. The van der Waals surface area contributed by atoms with E-state index >= 15 is 0 Å². The summed E-state index contributed by atoms with van der Waals surface area (Å²) in [5, 5.41) is 7.28. The van der Waals surface area contributed by atoms with E-state index in [4.69, 9.17) is 0 Å². The Hall–Kier alpha value is -3.48. The highest BCUT2D eigenvalue weighted by Gasteiger charge is 2.56. The summed E-state index contributed by atoms with van der Waals surface area (Å²) >= 11 is 0. The van der Waals surface area contributed by atoms with Crippen LogP contribution in [-0.4, -0.2) is 28.1 Å². The molecule has 1 atom stereocenters. The fourth-order valence-corrected chi connectivity index (χ4v) is 4.59. The van der Waals surface area contributed by atoms with Gasteiger partial charge in [-0.15, -0.1) is 0 Å². The summed E-state index contributed by atoms with van der Waals surface area (Å²) < 4.78 is 15.3. The Morgan fingerprint density at radius 1 is 1.13 bits per heavy atom. The van der Waals surface area contributed by atoms with Gasteiger partial charge in [0.05, 0.1) is 11.9 Å². The number of amides is 2. The lowest BCUT2D eigenvalue weighted by Gasteiger charge is -2.32. The zero-order valence-corrected chi connectivity index (χ0v) is 16.6. The van der Waals surface area contributed by atoms with Gasteiger partial charge in [0.2, 0.25) is 11.8 Å². The highest BCUT2D eigenvalue weighted by molar-refractivity contribution is 6.15. The zero-order valence-electron chi connectivity index (χ0n) is 16.6. The lowest BCUT2D eigenvalue weighted by atomic mass is 9.72. The predicted molar refractivity (Wildman–Crippen MR) is 111 cm³/mol. The molecule has 1 spiro atoms. The molecule has 2 amide bonds. The van der Waals surface area contributed by atoms with Gasteiger partial charge in [-0.2, -0.15) is 5.10 Å². The third kappa shape index (κ3) is 2.51. The van der Waals surface area contributed by atoms with Crippen molar-refractivity contribution < 1.29 is 14.0 Å². The van der Waals surface area contributed by atoms with E-state index in [-0.39, 0.29) is 18.2 Å². The molecule has 2 aliphatic heterocycles. The van der Waals surface area contributed by atoms with E-state index in [9.17, 15) is 14.0 Å². The number of hydrogen-bond donors (Lipinski definition) is 1. The van der Waals surface area contributed by atoms with Gasteiger partial charge in [0, 0.05) is 24.2 Å². The smallest absolute Gasteiger partial charge is 0.242 e. The molecule has 3 aromatic rings. The molecular formula is C23H21FN4O2. The molecule has 2 aromatic carbocycles. The van der Waals surface area contributed by atoms with E-state index in [2.05, 4.69) is 17.3 Å². The number of benzene rings is 2. The van der Waals surface area contributed by atoms with Crippen molar-refractivity contribution in [2.75, 3.05) is 16.8 Å². The van der Waals surface area contributed by atoms with Crippen LogP contribution < -0.4 is 10.2 Å². The average molecular weight is 404 g/mol. The number of nitrogens with zero attached hydrogens (tertiary/aromatic N) is 3. The lowest BCUT2D eigenvalue weighted by Crippen LogP contribution is -2.46. The van der Waals surface area contributed by atoms with E-state index in [0.717, 1.165) is 24.1 Å². The van der Waals surface area contributed by atoms with Crippen LogP contribution in [0.25, 0.3) is 5.69 Å². The zero-order chi connectivity index (χ0) is 20.9. The number of para-hydroxylation sites is 1. The summed E-state index contributed by atoms with van der Waals surface area (Å²) in [7, 11) is 0. The standard InChI is InChI=1S/C23H21FN4O2/c1-2-3-11-27-19-10-5-4-9-17(19)23(22(27)30)13-20(29)26-21-18(23)14-25-28(21)16-8-6-7-15(24)12-16/h4-10,12,14H,2-3,11,13H2,1H3,(H,26,29)/t23-/m0/s1. The topological polar surface area (TPSA) is 67.2 Å². The number of anilines is 2. The molecule has 0 saturated carbocycles. The van der Waals surface area contributed by atoms with Crippen LogP contribution in [0.3, 0.4) is 0 Å². The van der Waals surface area contributed by atoms with Gasteiger partial charge in [-0.3, -0.25) is 9.59 Å². The van der Waals surface area contributed by atoms with Gasteiger partial charge >= 0.3 is 0 Å². The third-order valence-corrected chi connectivity index (χ3v) is 5.97. The summed E-state index contributed by atoms with van der Waals surface area (Å²) in [6.45, 7) is 2.68. The van der Waals surface area contributed by atoms with Crippen LogP contribution in [0.5, 0.6) is 0 Å². The van der Waals surface area contributed by atoms with Crippen LogP contribution in [0.4, 0.5) is 15.9 Å². The number of unbranched alkanes of at least 4 members (excludes halogenated alkanes) is 1. The van der Waals surface area contributed by atoms with Crippen molar-refractivity contribution in [3.05, 3.63) is 71.7 Å². The normalized spacial score (nSPS) is 19.7. The maximum Gasteiger partial charge on any atom is 0.242 e. The lowest BCUT2D eigenvalue weighted by molar-refractivity contribution is -0.126. The number of fused-ring (bicyclic) bond motifs is 4. The Morgan fingerprint density at radius 3 is 2.77 bits per heavy atom. The minimum absolute atomic E-state index is 0.0211. The van der Waals surface area contributed by atoms with Crippen LogP contribution in [0.15, 0.2) is 54.7 Å². The molecule has 0 bridgehead atoms. The van der Waals surface area contributed by atoms with Gasteiger partial charge in [0.25, 0.3) is 0 Å². The Bertz CT molecular complexity index is 1170. The van der Waals surface area contributed by atoms with E-state index in [1.54, 1.807) is 23.2 Å². The monoisotopic (exact) mass is 404 g/mol. The summed E-state index contributed by atoms with van der Waals surface area (Å²) in [6.07, 6.45) is 3.48. The van der Waals surface area contributed by atoms with Crippen LogP contribution in [0.2, 0.25) is 0 Å². The molecule has 1 aromatic heterocycles. The van der Waals surface area contributed by atoms with Crippen LogP contribution in [0, 0.1) is 5.82 Å². The maximum atomic E-state index is 13.8. The first-order valence-electron chi connectivity index (χ1n) is 10.1. The van der Waals surface area contributed by atoms with Gasteiger partial charge < -0.3 is 10.2 Å². The fourth-order valence-electron chi connectivity index (χ4n) is 4.59. The number of hydrogen-bond acceptors (Lipinski definition) is 3. The second kappa shape index (κ2) is 6.79. The van der Waals surface area contributed by atoms with Crippen molar-refractivity contribution in [3.63, 3.8) is 0 Å². The molecule has 7 heteroatoms. The quantitative estimate of drug-likeness (QED) is 0.720. The molecule has 152 valence electrons. The molecule has 3 heterocycles. The Balaban J connectivity index is 1.72. The first kappa shape index (κ1) is 18.5. The summed E-state index contributed by atoms with van der Waals surface area (Å²) in [5.74, 6) is -0.354. The van der Waals surface area contributed by atoms with Crippen LogP contribution in [-0.2, 0) is 15.0 Å². The number of aromatic nitrogens is 2. The van der Waals surface area contributed by atoms with Crippen LogP contribution in [0.1, 0.15) is 37.3 Å². The largest absolute Gasteiger partial charge is 0.311 e. The van der Waals surface area contributed by atoms with Crippen molar-refractivity contribution in [3.8, 4) is 5.69 Å². The second-order valence-corrected chi connectivity index (χ2v) is 7.76. The SMILES string of the molecule is CCCCN1C(=O)[C@@]2(CC(=O)Nc3c2cnn3-c2cccc(F)c2)c2ccccc21. The first-order valence-corrected chi connectivity index (χ1v) is 10.1. The fraction of sp³-hybridized carbons (Fsp3) is 0.261. The van der Waals surface area contributed by atoms with Crippen molar-refractivity contribution in [1.29, 1.82) is 0 Å².